The molecular formula is C11H15FN4O4. The fourth-order valence-electron chi connectivity index (χ4n) is 2.35. The van der Waals surface area contributed by atoms with Gasteiger partial charge < -0.3 is 25.0 Å². The van der Waals surface area contributed by atoms with Crippen molar-refractivity contribution < 1.29 is 24.4 Å². The Balaban J connectivity index is 2.05. The summed E-state index contributed by atoms with van der Waals surface area (Å²) >= 11 is 0. The van der Waals surface area contributed by atoms with Crippen LogP contribution in [0.1, 0.15) is 6.23 Å². The molecule has 1 saturated heterocycles. The molecule has 1 fully saturated rings. The molecule has 0 saturated carbocycles. The Hall–Kier alpha value is -1.71. The lowest BCUT2D eigenvalue weighted by Gasteiger charge is -2.18. The minimum absolute atomic E-state index is 0.0542. The van der Waals surface area contributed by atoms with Gasteiger partial charge in [0.1, 0.15) is 18.9 Å². The summed E-state index contributed by atoms with van der Waals surface area (Å²) in [4.78, 5) is 9.68. The van der Waals surface area contributed by atoms with Gasteiger partial charge in [0.25, 0.3) is 0 Å². The standard InChI is InChI=1S/C11H15FN4O4/c1-15-3-14-9-7(10(15)19)13-4-16(9)11-6(12)8(18)5(2-17)20-11/h4-6,8,11,17-19H,2-3H2,1H3/t5-,6?,8-,11-/m1/s1. The van der Waals surface area contributed by atoms with E-state index in [1.165, 1.54) is 15.8 Å². The molecule has 9 heteroatoms. The van der Waals surface area contributed by atoms with Crippen LogP contribution in [-0.2, 0) is 4.74 Å². The van der Waals surface area contributed by atoms with Crippen molar-refractivity contribution in [2.75, 3.05) is 20.3 Å². The second-order valence-corrected chi connectivity index (χ2v) is 4.83. The quantitative estimate of drug-likeness (QED) is 0.561. The Morgan fingerprint density at radius 2 is 2.30 bits per heavy atom. The predicted molar refractivity (Wildman–Crippen MR) is 63.6 cm³/mol. The molecule has 0 aromatic carbocycles. The molecule has 110 valence electrons. The van der Waals surface area contributed by atoms with E-state index in [0.717, 1.165) is 0 Å². The van der Waals surface area contributed by atoms with Crippen molar-refractivity contribution in [3.63, 3.8) is 0 Å². The molecule has 0 aliphatic carbocycles. The molecular weight excluding hydrogens is 271 g/mol. The molecule has 20 heavy (non-hydrogen) atoms. The first-order valence-corrected chi connectivity index (χ1v) is 6.14. The second-order valence-electron chi connectivity index (χ2n) is 4.83. The summed E-state index contributed by atoms with van der Waals surface area (Å²) in [6.07, 6.45) is -3.93. The topological polar surface area (TPSA) is 103 Å². The number of imidazole rings is 1. The first kappa shape index (κ1) is 13.3. The molecule has 4 atom stereocenters. The molecule has 8 nitrogen and oxygen atoms in total. The van der Waals surface area contributed by atoms with Crippen LogP contribution in [0.25, 0.3) is 5.88 Å². The molecule has 1 unspecified atom stereocenters. The van der Waals surface area contributed by atoms with Gasteiger partial charge in [0, 0.05) is 7.05 Å². The van der Waals surface area contributed by atoms with Crippen LogP contribution >= 0.6 is 0 Å². The van der Waals surface area contributed by atoms with Gasteiger partial charge in [-0.2, -0.15) is 0 Å². The number of hydrogen-bond donors (Lipinski definition) is 3. The van der Waals surface area contributed by atoms with Crippen LogP contribution < -0.4 is 10.8 Å². The Kier molecular flexibility index (Phi) is 3.11. The van der Waals surface area contributed by atoms with E-state index in [9.17, 15) is 14.6 Å². The SMILES string of the molecule is CN1CN=c2c(ncn2[C@@H]2O[C@H](CO)[C@@H](O)C2F)=C1O. The molecule has 2 aliphatic rings. The zero-order valence-corrected chi connectivity index (χ0v) is 10.7. The summed E-state index contributed by atoms with van der Waals surface area (Å²) in [7, 11) is 1.65. The molecule has 0 amide bonds. The molecule has 2 aliphatic heterocycles. The van der Waals surface area contributed by atoms with E-state index in [0.29, 0.717) is 5.49 Å². The molecule has 0 radical (unpaired) electrons. The van der Waals surface area contributed by atoms with Crippen LogP contribution in [0.5, 0.6) is 0 Å². The number of fused-ring (bicyclic) bond motifs is 1. The average Bonchev–Trinajstić information content (AvgIpc) is 2.98. The highest BCUT2D eigenvalue weighted by Gasteiger charge is 2.45. The first-order chi connectivity index (χ1) is 9.54. The summed E-state index contributed by atoms with van der Waals surface area (Å²) in [5.41, 5.74) is 0.291. The van der Waals surface area contributed by atoms with E-state index in [-0.39, 0.29) is 17.9 Å². The minimum Gasteiger partial charge on any atom is -0.493 e. The molecule has 3 rings (SSSR count). The van der Waals surface area contributed by atoms with E-state index in [2.05, 4.69) is 9.98 Å². The van der Waals surface area contributed by atoms with Crippen molar-refractivity contribution in [3.8, 4) is 0 Å². The smallest absolute Gasteiger partial charge is 0.218 e. The van der Waals surface area contributed by atoms with Gasteiger partial charge in [-0.25, -0.2) is 14.4 Å². The van der Waals surface area contributed by atoms with Gasteiger partial charge in [0.05, 0.1) is 12.9 Å². The summed E-state index contributed by atoms with van der Waals surface area (Å²) < 4.78 is 20.7. The Bertz CT molecular complexity index is 633. The van der Waals surface area contributed by atoms with Crippen LogP contribution in [0.4, 0.5) is 4.39 Å². The fourth-order valence-corrected chi connectivity index (χ4v) is 2.35. The number of aromatic nitrogens is 2. The van der Waals surface area contributed by atoms with Gasteiger partial charge in [-0.1, -0.05) is 0 Å². The van der Waals surface area contributed by atoms with Crippen molar-refractivity contribution in [1.82, 2.24) is 14.5 Å². The third-order valence-electron chi connectivity index (χ3n) is 3.52. The zero-order valence-electron chi connectivity index (χ0n) is 10.7. The fraction of sp³-hybridized carbons (Fsp3) is 0.636. The lowest BCUT2D eigenvalue weighted by atomic mass is 10.1. The molecule has 3 heterocycles. The predicted octanol–water partition coefficient (Wildman–Crippen LogP) is -2.38. The van der Waals surface area contributed by atoms with Crippen LogP contribution in [0, 0.1) is 0 Å². The van der Waals surface area contributed by atoms with E-state index in [4.69, 9.17) is 9.84 Å². The van der Waals surface area contributed by atoms with Crippen LogP contribution in [0.15, 0.2) is 11.3 Å². The van der Waals surface area contributed by atoms with Crippen molar-refractivity contribution in [3.05, 3.63) is 17.2 Å². The number of alkyl halides is 1. The van der Waals surface area contributed by atoms with E-state index >= 15 is 0 Å². The van der Waals surface area contributed by atoms with E-state index in [1.54, 1.807) is 7.05 Å². The van der Waals surface area contributed by atoms with Gasteiger partial charge in [-0.3, -0.25) is 4.57 Å². The Morgan fingerprint density at radius 3 is 2.95 bits per heavy atom. The third-order valence-corrected chi connectivity index (χ3v) is 3.52. The Morgan fingerprint density at radius 1 is 1.55 bits per heavy atom. The van der Waals surface area contributed by atoms with Crippen LogP contribution in [-0.4, -0.2) is 68.5 Å². The van der Waals surface area contributed by atoms with Crippen molar-refractivity contribution in [2.24, 2.45) is 4.99 Å². The van der Waals surface area contributed by atoms with Gasteiger partial charge in [-0.05, 0) is 0 Å². The zero-order chi connectivity index (χ0) is 14.4. The summed E-state index contributed by atoms with van der Waals surface area (Å²) in [6.45, 7) is -0.271. The van der Waals surface area contributed by atoms with E-state index < -0.39 is 31.2 Å². The summed E-state index contributed by atoms with van der Waals surface area (Å²) in [6, 6.07) is 0. The van der Waals surface area contributed by atoms with E-state index in [1.807, 2.05) is 0 Å². The average molecular weight is 286 g/mol. The lowest BCUT2D eigenvalue weighted by Crippen LogP contribution is -2.43. The molecule has 0 bridgehead atoms. The van der Waals surface area contributed by atoms with Crippen molar-refractivity contribution in [1.29, 1.82) is 0 Å². The highest BCUT2D eigenvalue weighted by atomic mass is 19.1. The Labute approximate surface area is 113 Å². The molecule has 0 spiro atoms. The van der Waals surface area contributed by atoms with Gasteiger partial charge in [-0.15, -0.1) is 0 Å². The number of rotatable bonds is 2. The third kappa shape index (κ3) is 1.78. The maximum atomic E-state index is 14.1. The highest BCUT2D eigenvalue weighted by Crippen LogP contribution is 2.30. The normalized spacial score (nSPS) is 33.2. The molecule has 1 aromatic rings. The number of aliphatic hydroxyl groups is 3. The van der Waals surface area contributed by atoms with Gasteiger partial charge >= 0.3 is 0 Å². The second kappa shape index (κ2) is 4.69. The van der Waals surface area contributed by atoms with Gasteiger partial charge in [0.2, 0.25) is 5.88 Å². The number of halogens is 1. The summed E-state index contributed by atoms with van der Waals surface area (Å²) in [5, 5.41) is 28.8. The number of ether oxygens (including phenoxy) is 1. The largest absolute Gasteiger partial charge is 0.493 e. The maximum absolute atomic E-state index is 14.1. The highest BCUT2D eigenvalue weighted by molar-refractivity contribution is 5.29. The first-order valence-electron chi connectivity index (χ1n) is 6.14. The van der Waals surface area contributed by atoms with Crippen molar-refractivity contribution in [2.45, 2.75) is 24.6 Å². The van der Waals surface area contributed by atoms with Gasteiger partial charge in [0.15, 0.2) is 23.2 Å². The summed E-state index contributed by atoms with van der Waals surface area (Å²) in [5.74, 6) is -0.0542. The molecule has 3 N–H and O–H groups in total. The number of hydrogen-bond acceptors (Lipinski definition) is 7. The van der Waals surface area contributed by atoms with Crippen LogP contribution in [0.3, 0.4) is 0 Å². The van der Waals surface area contributed by atoms with Crippen LogP contribution in [0.2, 0.25) is 0 Å². The molecule has 1 aromatic heterocycles. The monoisotopic (exact) mass is 286 g/mol. The minimum atomic E-state index is -1.71. The number of nitrogens with zero attached hydrogens (tertiary/aromatic N) is 4. The lowest BCUT2D eigenvalue weighted by molar-refractivity contribution is -0.0488. The maximum Gasteiger partial charge on any atom is 0.218 e. The number of aliphatic hydroxyl groups excluding tert-OH is 3. The van der Waals surface area contributed by atoms with Crippen molar-refractivity contribution >= 4 is 5.88 Å².